The van der Waals surface area contributed by atoms with E-state index in [-0.39, 0.29) is 21.2 Å². The summed E-state index contributed by atoms with van der Waals surface area (Å²) in [5.74, 6) is 1.04. The standard InChI is InChI=1S/C24H20N2O6S2/c1-31-17-7-11-19(12-8-17)33(27,28)25-23-15-16-24(22-6-4-3-5-21(22)23)26-34(29,30)20-13-9-18(32-2)10-14-20/h3-16H,1-2H3/b25-23-,26-24+. The van der Waals surface area contributed by atoms with Gasteiger partial charge in [0.05, 0.1) is 35.4 Å². The Morgan fingerprint density at radius 2 is 0.912 bits per heavy atom. The van der Waals surface area contributed by atoms with Crippen molar-refractivity contribution in [2.45, 2.75) is 9.79 Å². The third kappa shape index (κ3) is 4.78. The summed E-state index contributed by atoms with van der Waals surface area (Å²) in [4.78, 5) is 0.0152. The fraction of sp³-hybridized carbons (Fsp3) is 0.0833. The molecule has 0 spiro atoms. The van der Waals surface area contributed by atoms with Crippen LogP contribution in [-0.2, 0) is 20.0 Å². The normalized spacial score (nSPS) is 15.8. The van der Waals surface area contributed by atoms with Crippen LogP contribution in [-0.4, -0.2) is 42.5 Å². The smallest absolute Gasteiger partial charge is 0.282 e. The second-order valence-corrected chi connectivity index (χ2v) is 10.3. The van der Waals surface area contributed by atoms with Gasteiger partial charge in [0.25, 0.3) is 20.0 Å². The van der Waals surface area contributed by atoms with Gasteiger partial charge in [-0.2, -0.15) is 25.6 Å². The van der Waals surface area contributed by atoms with Crippen molar-refractivity contribution in [1.82, 2.24) is 0 Å². The van der Waals surface area contributed by atoms with Crippen LogP contribution in [0.25, 0.3) is 0 Å². The van der Waals surface area contributed by atoms with Gasteiger partial charge >= 0.3 is 0 Å². The zero-order valence-corrected chi connectivity index (χ0v) is 19.9. The lowest BCUT2D eigenvalue weighted by atomic mass is 9.94. The minimum Gasteiger partial charge on any atom is -0.497 e. The quantitative estimate of drug-likeness (QED) is 0.515. The Balaban J connectivity index is 1.74. The van der Waals surface area contributed by atoms with Gasteiger partial charge in [-0.3, -0.25) is 0 Å². The molecule has 10 heteroatoms. The Morgan fingerprint density at radius 1 is 0.559 bits per heavy atom. The Bertz CT molecular complexity index is 1400. The lowest BCUT2D eigenvalue weighted by molar-refractivity contribution is 0.414. The van der Waals surface area contributed by atoms with Crippen LogP contribution < -0.4 is 9.47 Å². The average molecular weight is 497 g/mol. The number of sulfonamides is 2. The van der Waals surface area contributed by atoms with Crippen LogP contribution >= 0.6 is 0 Å². The maximum Gasteiger partial charge on any atom is 0.282 e. The van der Waals surface area contributed by atoms with Crippen molar-refractivity contribution in [2.24, 2.45) is 8.80 Å². The summed E-state index contributed by atoms with van der Waals surface area (Å²) in [5, 5.41) is 0. The third-order valence-electron chi connectivity index (χ3n) is 5.03. The van der Waals surface area contributed by atoms with E-state index in [2.05, 4.69) is 8.80 Å². The SMILES string of the molecule is COc1ccc(S(=O)(=O)/N=C2C=C/C(=N\S(=O)(=O)c3ccc(OC)cc3)c3ccccc3/2)cc1. The van der Waals surface area contributed by atoms with Gasteiger partial charge < -0.3 is 9.47 Å². The molecule has 0 saturated carbocycles. The van der Waals surface area contributed by atoms with Crippen molar-refractivity contribution < 1.29 is 26.3 Å². The predicted octanol–water partition coefficient (Wildman–Crippen LogP) is 3.63. The van der Waals surface area contributed by atoms with Crippen LogP contribution in [0.1, 0.15) is 11.1 Å². The molecule has 0 atom stereocenters. The van der Waals surface area contributed by atoms with Gasteiger partial charge in [0.2, 0.25) is 0 Å². The molecule has 0 saturated heterocycles. The molecule has 34 heavy (non-hydrogen) atoms. The Kier molecular flexibility index (Phi) is 6.36. The molecule has 3 aromatic carbocycles. The zero-order chi connectivity index (χ0) is 24.3. The minimum absolute atomic E-state index is 0.00762. The molecule has 0 radical (unpaired) electrons. The third-order valence-corrected chi connectivity index (χ3v) is 7.64. The van der Waals surface area contributed by atoms with Crippen LogP contribution in [0.3, 0.4) is 0 Å². The van der Waals surface area contributed by atoms with Gasteiger partial charge in [0, 0.05) is 11.1 Å². The van der Waals surface area contributed by atoms with Gasteiger partial charge in [-0.15, -0.1) is 0 Å². The first kappa shape index (κ1) is 23.4. The number of benzene rings is 3. The molecular formula is C24H20N2O6S2. The number of hydrogen-bond donors (Lipinski definition) is 0. The van der Waals surface area contributed by atoms with Gasteiger partial charge in [0.15, 0.2) is 0 Å². The van der Waals surface area contributed by atoms with E-state index < -0.39 is 20.0 Å². The Labute approximate surface area is 198 Å². The summed E-state index contributed by atoms with van der Waals surface area (Å²) in [6.07, 6.45) is 2.87. The molecule has 8 nitrogen and oxygen atoms in total. The number of allylic oxidation sites excluding steroid dienone is 2. The summed E-state index contributed by atoms with van der Waals surface area (Å²) < 4.78 is 69.5. The number of ether oxygens (including phenoxy) is 2. The molecule has 0 heterocycles. The molecule has 1 aliphatic rings. The van der Waals surface area contributed by atoms with E-state index in [1.807, 2.05) is 0 Å². The summed E-state index contributed by atoms with van der Waals surface area (Å²) in [6.45, 7) is 0. The minimum atomic E-state index is -4.02. The van der Waals surface area contributed by atoms with Crippen molar-refractivity contribution in [1.29, 1.82) is 0 Å². The van der Waals surface area contributed by atoms with Crippen LogP contribution in [0, 0.1) is 0 Å². The summed E-state index contributed by atoms with van der Waals surface area (Å²) in [5.41, 5.74) is 1.25. The molecule has 0 unspecified atom stereocenters. The highest BCUT2D eigenvalue weighted by Crippen LogP contribution is 2.24. The van der Waals surface area contributed by atoms with Crippen LogP contribution in [0.5, 0.6) is 11.5 Å². The first-order chi connectivity index (χ1) is 16.2. The molecule has 174 valence electrons. The maximum absolute atomic E-state index is 12.9. The zero-order valence-electron chi connectivity index (χ0n) is 18.2. The predicted molar refractivity (Wildman–Crippen MR) is 129 cm³/mol. The molecule has 0 aliphatic heterocycles. The first-order valence-electron chi connectivity index (χ1n) is 9.99. The molecule has 1 aliphatic carbocycles. The van der Waals surface area contributed by atoms with Crippen molar-refractivity contribution in [2.75, 3.05) is 14.2 Å². The summed E-state index contributed by atoms with van der Waals surface area (Å²) in [7, 11) is -5.06. The van der Waals surface area contributed by atoms with E-state index in [0.29, 0.717) is 22.6 Å². The van der Waals surface area contributed by atoms with Gasteiger partial charge in [-0.25, -0.2) is 0 Å². The number of methoxy groups -OCH3 is 2. The number of hydrogen-bond acceptors (Lipinski definition) is 6. The first-order valence-corrected chi connectivity index (χ1v) is 12.9. The molecular weight excluding hydrogens is 476 g/mol. The van der Waals surface area contributed by atoms with Crippen LogP contribution in [0.15, 0.2) is 104 Å². The molecule has 0 fully saturated rings. The van der Waals surface area contributed by atoms with Gasteiger partial charge in [-0.05, 0) is 60.7 Å². The van der Waals surface area contributed by atoms with E-state index in [1.54, 1.807) is 24.3 Å². The van der Waals surface area contributed by atoms with Crippen LogP contribution in [0.2, 0.25) is 0 Å². The van der Waals surface area contributed by atoms with E-state index in [1.165, 1.54) is 74.9 Å². The molecule has 0 N–H and O–H groups in total. The summed E-state index contributed by atoms with van der Waals surface area (Å²) >= 11 is 0. The topological polar surface area (TPSA) is 111 Å². The van der Waals surface area contributed by atoms with E-state index in [9.17, 15) is 16.8 Å². The fourth-order valence-corrected chi connectivity index (χ4v) is 5.29. The highest BCUT2D eigenvalue weighted by molar-refractivity contribution is 7.90. The molecule has 3 aromatic rings. The lowest BCUT2D eigenvalue weighted by Gasteiger charge is -2.15. The Morgan fingerprint density at radius 3 is 1.24 bits per heavy atom. The van der Waals surface area contributed by atoms with Gasteiger partial charge in [0.1, 0.15) is 11.5 Å². The second kappa shape index (κ2) is 9.24. The summed E-state index contributed by atoms with van der Waals surface area (Å²) in [6, 6.07) is 18.5. The monoisotopic (exact) mass is 496 g/mol. The number of rotatable bonds is 6. The highest BCUT2D eigenvalue weighted by atomic mass is 32.2. The number of nitrogens with zero attached hydrogens (tertiary/aromatic N) is 2. The van der Waals surface area contributed by atoms with E-state index in [4.69, 9.17) is 9.47 Å². The van der Waals surface area contributed by atoms with Crippen molar-refractivity contribution in [3.05, 3.63) is 96.1 Å². The molecule has 0 amide bonds. The van der Waals surface area contributed by atoms with Crippen LogP contribution in [0.4, 0.5) is 0 Å². The van der Waals surface area contributed by atoms with E-state index in [0.717, 1.165) is 0 Å². The van der Waals surface area contributed by atoms with Crippen molar-refractivity contribution >= 4 is 31.5 Å². The van der Waals surface area contributed by atoms with E-state index >= 15 is 0 Å². The Hall–Kier alpha value is -3.76. The highest BCUT2D eigenvalue weighted by Gasteiger charge is 2.22. The largest absolute Gasteiger partial charge is 0.497 e. The molecule has 0 aromatic heterocycles. The molecule has 4 rings (SSSR count). The number of fused-ring (bicyclic) bond motifs is 1. The second-order valence-electron chi connectivity index (χ2n) is 7.13. The van der Waals surface area contributed by atoms with Gasteiger partial charge in [-0.1, -0.05) is 24.3 Å². The van der Waals surface area contributed by atoms with Crippen molar-refractivity contribution in [3.8, 4) is 11.5 Å². The van der Waals surface area contributed by atoms with Crippen molar-refractivity contribution in [3.63, 3.8) is 0 Å². The lowest BCUT2D eigenvalue weighted by Crippen LogP contribution is -2.16. The molecule has 0 bridgehead atoms. The average Bonchev–Trinajstić information content (AvgIpc) is 2.85. The fourth-order valence-electron chi connectivity index (χ4n) is 3.29. The maximum atomic E-state index is 12.9.